The Kier molecular flexibility index (Phi) is 6.80. The predicted molar refractivity (Wildman–Crippen MR) is 93.1 cm³/mol. The van der Waals surface area contributed by atoms with Crippen molar-refractivity contribution in [3.63, 3.8) is 0 Å². The fraction of sp³-hybridized carbons (Fsp3) is 0.611. The molecule has 0 bridgehead atoms. The highest BCUT2D eigenvalue weighted by Crippen LogP contribution is 2.41. The van der Waals surface area contributed by atoms with Gasteiger partial charge in [0.2, 0.25) is 10.0 Å². The summed E-state index contributed by atoms with van der Waals surface area (Å²) in [6, 6.07) is 6.50. The number of benzene rings is 1. The maximum absolute atomic E-state index is 12.8. The van der Waals surface area contributed by atoms with Crippen LogP contribution in [0.4, 0.5) is 0 Å². The van der Waals surface area contributed by atoms with Crippen LogP contribution in [0.1, 0.15) is 63.5 Å². The first-order valence-electron chi connectivity index (χ1n) is 8.70. The summed E-state index contributed by atoms with van der Waals surface area (Å²) in [6.45, 7) is 2.62. The van der Waals surface area contributed by atoms with Crippen molar-refractivity contribution < 1.29 is 17.9 Å². The van der Waals surface area contributed by atoms with Gasteiger partial charge in [-0.05, 0) is 18.1 Å². The van der Waals surface area contributed by atoms with Gasteiger partial charge in [-0.1, -0.05) is 57.2 Å². The number of fused-ring (bicyclic) bond motifs is 1. The maximum atomic E-state index is 12.8. The number of nitrogens with zero attached hydrogens (tertiary/aromatic N) is 1. The Bertz CT molecular complexity index is 657. The Balaban J connectivity index is 2.10. The van der Waals surface area contributed by atoms with E-state index in [-0.39, 0.29) is 12.4 Å². The van der Waals surface area contributed by atoms with Crippen molar-refractivity contribution in [2.45, 2.75) is 62.8 Å². The molecule has 0 aliphatic carbocycles. The molecule has 0 spiro atoms. The number of unbranched alkanes of at least 4 members (excludes halogenated alkanes) is 5. The van der Waals surface area contributed by atoms with Crippen LogP contribution in [0, 0.1) is 0 Å². The maximum Gasteiger partial charge on any atom is 0.307 e. The van der Waals surface area contributed by atoms with Crippen molar-refractivity contribution in [2.24, 2.45) is 0 Å². The van der Waals surface area contributed by atoms with Crippen LogP contribution in [0.5, 0.6) is 0 Å². The lowest BCUT2D eigenvalue weighted by Gasteiger charge is -2.22. The highest BCUT2D eigenvalue weighted by molar-refractivity contribution is 7.89. The highest BCUT2D eigenvalue weighted by Gasteiger charge is 2.42. The molecule has 134 valence electrons. The number of hydrogen-bond acceptors (Lipinski definition) is 4. The van der Waals surface area contributed by atoms with Gasteiger partial charge < -0.3 is 4.74 Å². The lowest BCUT2D eigenvalue weighted by atomic mass is 10.0. The van der Waals surface area contributed by atoms with E-state index in [9.17, 15) is 13.2 Å². The van der Waals surface area contributed by atoms with Crippen molar-refractivity contribution >= 4 is 16.0 Å². The minimum Gasteiger partial charge on any atom is -0.469 e. The van der Waals surface area contributed by atoms with E-state index >= 15 is 0 Å². The van der Waals surface area contributed by atoms with Crippen molar-refractivity contribution in [1.29, 1.82) is 0 Å². The van der Waals surface area contributed by atoms with E-state index in [0.717, 1.165) is 19.3 Å². The van der Waals surface area contributed by atoms with Gasteiger partial charge >= 0.3 is 5.97 Å². The molecule has 1 aliphatic heterocycles. The minimum atomic E-state index is -3.52. The molecule has 0 unspecified atom stereocenters. The zero-order chi connectivity index (χ0) is 17.6. The van der Waals surface area contributed by atoms with Crippen LogP contribution in [0.15, 0.2) is 29.2 Å². The summed E-state index contributed by atoms with van der Waals surface area (Å²) in [7, 11) is -2.19. The summed E-state index contributed by atoms with van der Waals surface area (Å²) < 4.78 is 31.8. The van der Waals surface area contributed by atoms with Crippen LogP contribution in [-0.4, -0.2) is 32.3 Å². The second-order valence-electron chi connectivity index (χ2n) is 6.22. The van der Waals surface area contributed by atoms with Crippen LogP contribution < -0.4 is 0 Å². The fourth-order valence-electron chi connectivity index (χ4n) is 3.22. The van der Waals surface area contributed by atoms with E-state index in [2.05, 4.69) is 6.92 Å². The molecule has 0 saturated carbocycles. The third-order valence-corrected chi connectivity index (χ3v) is 6.51. The van der Waals surface area contributed by atoms with Crippen LogP contribution in [0.3, 0.4) is 0 Å². The number of ether oxygens (including phenoxy) is 1. The minimum absolute atomic E-state index is 0.0581. The molecule has 1 atom stereocenters. The lowest BCUT2D eigenvalue weighted by molar-refractivity contribution is -0.141. The van der Waals surface area contributed by atoms with E-state index in [4.69, 9.17) is 4.74 Å². The summed E-state index contributed by atoms with van der Waals surface area (Å²) in [5.74, 6) is -0.389. The molecule has 5 nitrogen and oxygen atoms in total. The van der Waals surface area contributed by atoms with Gasteiger partial charge in [-0.15, -0.1) is 0 Å². The third kappa shape index (κ3) is 4.16. The van der Waals surface area contributed by atoms with Gasteiger partial charge in [0.05, 0.1) is 24.5 Å². The van der Waals surface area contributed by atoms with Gasteiger partial charge in [0, 0.05) is 6.54 Å². The molecule has 0 amide bonds. The first-order chi connectivity index (χ1) is 11.5. The molecule has 0 fully saturated rings. The molecule has 0 radical (unpaired) electrons. The second-order valence-corrected chi connectivity index (χ2v) is 8.08. The van der Waals surface area contributed by atoms with Gasteiger partial charge in [0.1, 0.15) is 0 Å². The number of rotatable bonds is 9. The van der Waals surface area contributed by atoms with Crippen LogP contribution in [-0.2, 0) is 19.6 Å². The van der Waals surface area contributed by atoms with E-state index in [1.54, 1.807) is 18.2 Å². The summed E-state index contributed by atoms with van der Waals surface area (Å²) in [5.41, 5.74) is 0.703. The predicted octanol–water partition coefficient (Wildman–Crippen LogP) is 3.66. The largest absolute Gasteiger partial charge is 0.469 e. The van der Waals surface area contributed by atoms with Crippen molar-refractivity contribution in [1.82, 2.24) is 4.31 Å². The van der Waals surface area contributed by atoms with Crippen molar-refractivity contribution in [2.75, 3.05) is 13.7 Å². The average Bonchev–Trinajstić information content (AvgIpc) is 2.79. The highest BCUT2D eigenvalue weighted by atomic mass is 32.2. The Morgan fingerprint density at radius 2 is 1.79 bits per heavy atom. The molecule has 24 heavy (non-hydrogen) atoms. The summed E-state index contributed by atoms with van der Waals surface area (Å²) in [5, 5.41) is 0. The van der Waals surface area contributed by atoms with Crippen LogP contribution in [0.2, 0.25) is 0 Å². The van der Waals surface area contributed by atoms with Crippen LogP contribution >= 0.6 is 0 Å². The SMILES string of the molecule is CCCCCCCCN1[C@@H](CC(=O)OC)c2ccccc2S1(=O)=O. The molecular weight excluding hydrogens is 326 g/mol. The number of carbonyl (C=O) groups excluding carboxylic acids is 1. The van der Waals surface area contributed by atoms with E-state index in [0.29, 0.717) is 17.0 Å². The van der Waals surface area contributed by atoms with Gasteiger partial charge in [0.25, 0.3) is 0 Å². The van der Waals surface area contributed by atoms with E-state index in [1.807, 2.05) is 6.07 Å². The first kappa shape index (κ1) is 18.9. The summed E-state index contributed by atoms with van der Waals surface area (Å²) in [4.78, 5) is 12.1. The number of hydrogen-bond donors (Lipinski definition) is 0. The Morgan fingerprint density at radius 3 is 2.50 bits per heavy atom. The van der Waals surface area contributed by atoms with E-state index < -0.39 is 16.1 Å². The van der Waals surface area contributed by atoms with Gasteiger partial charge in [-0.25, -0.2) is 8.42 Å². The van der Waals surface area contributed by atoms with Crippen LogP contribution in [0.25, 0.3) is 0 Å². The third-order valence-electron chi connectivity index (χ3n) is 4.53. The normalized spacial score (nSPS) is 19.2. The molecular formula is C18H27NO4S. The zero-order valence-corrected chi connectivity index (χ0v) is 15.3. The molecule has 0 N–H and O–H groups in total. The molecule has 1 aliphatic rings. The standard InChI is InChI=1S/C18H27NO4S/c1-3-4-5-6-7-10-13-19-16(14-18(20)23-2)15-11-8-9-12-17(15)24(19,21)22/h8-9,11-12,16H,3-7,10,13-14H2,1-2H3/t16-/m0/s1. The molecule has 6 heteroatoms. The second kappa shape index (κ2) is 8.62. The fourth-order valence-corrected chi connectivity index (χ4v) is 5.11. The smallest absolute Gasteiger partial charge is 0.307 e. The van der Waals surface area contributed by atoms with Gasteiger partial charge in [0.15, 0.2) is 0 Å². The molecule has 0 saturated heterocycles. The van der Waals surface area contributed by atoms with Crippen molar-refractivity contribution in [3.05, 3.63) is 29.8 Å². The average molecular weight is 353 g/mol. The quantitative estimate of drug-likeness (QED) is 0.502. The summed E-state index contributed by atoms with van der Waals surface area (Å²) in [6.07, 6.45) is 6.60. The molecule has 2 rings (SSSR count). The number of sulfonamides is 1. The molecule has 0 aromatic heterocycles. The van der Waals surface area contributed by atoms with Gasteiger partial charge in [-0.3, -0.25) is 4.79 Å². The molecule has 1 aromatic carbocycles. The number of esters is 1. The van der Waals surface area contributed by atoms with Crippen molar-refractivity contribution in [3.8, 4) is 0 Å². The Labute approximate surface area is 145 Å². The summed E-state index contributed by atoms with van der Waals surface area (Å²) >= 11 is 0. The zero-order valence-electron chi connectivity index (χ0n) is 14.5. The first-order valence-corrected chi connectivity index (χ1v) is 10.1. The molecule has 1 aromatic rings. The Hall–Kier alpha value is -1.40. The topological polar surface area (TPSA) is 63.7 Å². The lowest BCUT2D eigenvalue weighted by Crippen LogP contribution is -2.31. The van der Waals surface area contributed by atoms with Gasteiger partial charge in [-0.2, -0.15) is 4.31 Å². The van der Waals surface area contributed by atoms with E-state index in [1.165, 1.54) is 30.7 Å². The monoisotopic (exact) mass is 353 g/mol. The Morgan fingerprint density at radius 1 is 1.12 bits per heavy atom. The molecule has 1 heterocycles. The number of methoxy groups -OCH3 is 1. The number of carbonyl (C=O) groups is 1.